The van der Waals surface area contributed by atoms with Crippen LogP contribution in [0.4, 0.5) is 4.79 Å². The molecule has 0 radical (unpaired) electrons. The molecule has 6 nitrogen and oxygen atoms in total. The Morgan fingerprint density at radius 3 is 2.41 bits per heavy atom. The van der Waals surface area contributed by atoms with E-state index in [9.17, 15) is 13.2 Å². The van der Waals surface area contributed by atoms with Crippen molar-refractivity contribution in [3.63, 3.8) is 0 Å². The number of hydrogen-bond acceptors (Lipinski definition) is 3. The Morgan fingerprint density at radius 2 is 1.85 bits per heavy atom. The van der Waals surface area contributed by atoms with Crippen LogP contribution in [0.5, 0.6) is 0 Å². The summed E-state index contributed by atoms with van der Waals surface area (Å²) in [6, 6.07) is 10.3. The van der Waals surface area contributed by atoms with Crippen LogP contribution in [0.15, 0.2) is 30.3 Å². The number of sulfonamides is 1. The second-order valence-electron chi connectivity index (χ2n) is 7.82. The van der Waals surface area contributed by atoms with Crippen molar-refractivity contribution in [3.05, 3.63) is 35.9 Å². The lowest BCUT2D eigenvalue weighted by Crippen LogP contribution is -2.52. The van der Waals surface area contributed by atoms with Crippen LogP contribution in [-0.2, 0) is 15.4 Å². The van der Waals surface area contributed by atoms with Gasteiger partial charge in [0.2, 0.25) is 10.0 Å². The quantitative estimate of drug-likeness (QED) is 0.747. The molecule has 1 aliphatic heterocycles. The van der Waals surface area contributed by atoms with Gasteiger partial charge in [-0.2, -0.15) is 0 Å². The predicted molar refractivity (Wildman–Crippen MR) is 107 cm³/mol. The summed E-state index contributed by atoms with van der Waals surface area (Å²) in [6.45, 7) is 3.50. The first kappa shape index (κ1) is 20.1. The number of urea groups is 1. The van der Waals surface area contributed by atoms with Gasteiger partial charge in [0.15, 0.2) is 0 Å². The van der Waals surface area contributed by atoms with Crippen molar-refractivity contribution in [2.24, 2.45) is 0 Å². The molecule has 2 fully saturated rings. The van der Waals surface area contributed by atoms with Gasteiger partial charge >= 0.3 is 6.03 Å². The highest BCUT2D eigenvalue weighted by Crippen LogP contribution is 2.43. The van der Waals surface area contributed by atoms with E-state index in [0.717, 1.165) is 12.8 Å². The first-order valence-corrected chi connectivity index (χ1v) is 11.6. The summed E-state index contributed by atoms with van der Waals surface area (Å²) in [4.78, 5) is 12.4. The maximum atomic E-state index is 12.4. The average Bonchev–Trinajstić information content (AvgIpc) is 2.62. The van der Waals surface area contributed by atoms with Gasteiger partial charge in [-0.1, -0.05) is 43.7 Å². The Morgan fingerprint density at radius 1 is 1.19 bits per heavy atom. The molecule has 0 atom stereocenters. The minimum Gasteiger partial charge on any atom is -0.337 e. The fraction of sp³-hybridized carbons (Fsp3) is 0.650. The molecule has 0 spiro atoms. The third-order valence-electron chi connectivity index (χ3n) is 5.93. The van der Waals surface area contributed by atoms with Crippen LogP contribution in [0.1, 0.15) is 51.0 Å². The van der Waals surface area contributed by atoms with Gasteiger partial charge in [-0.05, 0) is 37.7 Å². The topological polar surface area (TPSA) is 78.5 Å². The standard InChI is InChI=1S/C20H31N3O3S/c1-2-15-27(25,26)23-13-9-18(10-14-23)22-19(24)21-16-20(11-6-12-20)17-7-4-3-5-8-17/h3-5,7-8,18H,2,6,9-16H2,1H3,(H2,21,22,24). The average molecular weight is 394 g/mol. The zero-order chi connectivity index (χ0) is 19.3. The molecule has 1 saturated carbocycles. The SMILES string of the molecule is CCCS(=O)(=O)N1CCC(NC(=O)NCC2(c3ccccc3)CCC2)CC1. The van der Waals surface area contributed by atoms with Gasteiger partial charge < -0.3 is 10.6 Å². The summed E-state index contributed by atoms with van der Waals surface area (Å²) < 4.78 is 25.8. The normalized spacial score (nSPS) is 20.6. The fourth-order valence-electron chi connectivity index (χ4n) is 4.11. The summed E-state index contributed by atoms with van der Waals surface area (Å²) in [5.41, 5.74) is 1.36. The Bertz CT molecular complexity index is 724. The highest BCUT2D eigenvalue weighted by Gasteiger charge is 2.38. The molecule has 1 aromatic carbocycles. The molecule has 2 N–H and O–H groups in total. The minimum absolute atomic E-state index is 0.0344. The van der Waals surface area contributed by atoms with E-state index in [1.807, 2.05) is 13.0 Å². The van der Waals surface area contributed by atoms with Crippen molar-refractivity contribution in [3.8, 4) is 0 Å². The van der Waals surface area contributed by atoms with E-state index in [1.165, 1.54) is 12.0 Å². The van der Waals surface area contributed by atoms with Crippen molar-refractivity contribution >= 4 is 16.1 Å². The van der Waals surface area contributed by atoms with Crippen molar-refractivity contribution in [1.29, 1.82) is 0 Å². The maximum Gasteiger partial charge on any atom is 0.315 e. The monoisotopic (exact) mass is 393 g/mol. The van der Waals surface area contributed by atoms with Gasteiger partial charge in [0.05, 0.1) is 5.75 Å². The van der Waals surface area contributed by atoms with Crippen molar-refractivity contribution in [2.75, 3.05) is 25.4 Å². The van der Waals surface area contributed by atoms with Crippen molar-refractivity contribution < 1.29 is 13.2 Å². The van der Waals surface area contributed by atoms with Crippen LogP contribution < -0.4 is 10.6 Å². The van der Waals surface area contributed by atoms with E-state index < -0.39 is 10.0 Å². The third kappa shape index (κ3) is 4.82. The number of rotatable bonds is 7. The molecular formula is C20H31N3O3S. The van der Waals surface area contributed by atoms with Crippen LogP contribution >= 0.6 is 0 Å². The highest BCUT2D eigenvalue weighted by molar-refractivity contribution is 7.89. The molecule has 1 aromatic rings. The molecule has 150 valence electrons. The molecule has 1 saturated heterocycles. The summed E-state index contributed by atoms with van der Waals surface area (Å²) >= 11 is 0. The number of carbonyl (C=O) groups excluding carboxylic acids is 1. The molecule has 0 unspecified atom stereocenters. The summed E-state index contributed by atoms with van der Waals surface area (Å²) in [6.07, 6.45) is 5.37. The van der Waals surface area contributed by atoms with Gasteiger partial charge in [-0.15, -0.1) is 0 Å². The zero-order valence-electron chi connectivity index (χ0n) is 16.1. The lowest BCUT2D eigenvalue weighted by atomic mass is 9.64. The Hall–Kier alpha value is -1.60. The first-order valence-electron chi connectivity index (χ1n) is 10.0. The van der Waals surface area contributed by atoms with Crippen LogP contribution in [0.2, 0.25) is 0 Å². The predicted octanol–water partition coefficient (Wildman–Crippen LogP) is 2.61. The fourth-order valence-corrected chi connectivity index (χ4v) is 5.66. The van der Waals surface area contributed by atoms with Gasteiger partial charge in [0, 0.05) is 31.1 Å². The summed E-state index contributed by atoms with van der Waals surface area (Å²) in [7, 11) is -3.14. The number of piperidine rings is 1. The second-order valence-corrected chi connectivity index (χ2v) is 9.90. The van der Waals surface area contributed by atoms with Gasteiger partial charge in [-0.25, -0.2) is 17.5 Å². The Balaban J connectivity index is 1.45. The number of amides is 2. The zero-order valence-corrected chi connectivity index (χ0v) is 16.9. The van der Waals surface area contributed by atoms with E-state index in [2.05, 4.69) is 34.9 Å². The number of benzene rings is 1. The molecule has 27 heavy (non-hydrogen) atoms. The molecule has 7 heteroatoms. The second kappa shape index (κ2) is 8.61. The number of nitrogens with zero attached hydrogens (tertiary/aromatic N) is 1. The molecule has 3 rings (SSSR count). The lowest BCUT2D eigenvalue weighted by Gasteiger charge is -2.42. The maximum absolute atomic E-state index is 12.4. The molecule has 0 aromatic heterocycles. The molecule has 0 bridgehead atoms. The Kier molecular flexibility index (Phi) is 6.42. The first-order chi connectivity index (χ1) is 13.0. The van der Waals surface area contributed by atoms with E-state index in [1.54, 1.807) is 4.31 Å². The van der Waals surface area contributed by atoms with Crippen LogP contribution in [0.25, 0.3) is 0 Å². The van der Waals surface area contributed by atoms with Gasteiger partial charge in [0.25, 0.3) is 0 Å². The number of carbonyl (C=O) groups is 1. The van der Waals surface area contributed by atoms with Gasteiger partial charge in [-0.3, -0.25) is 0 Å². The number of nitrogens with one attached hydrogen (secondary N) is 2. The lowest BCUT2D eigenvalue weighted by molar-refractivity contribution is 0.207. The molecule has 1 aliphatic carbocycles. The molecular weight excluding hydrogens is 362 g/mol. The molecule has 1 heterocycles. The van der Waals surface area contributed by atoms with E-state index >= 15 is 0 Å². The Labute approximate surface area is 162 Å². The summed E-state index contributed by atoms with van der Waals surface area (Å²) in [5.74, 6) is 0.202. The van der Waals surface area contributed by atoms with Crippen molar-refractivity contribution in [2.45, 2.75) is 56.9 Å². The van der Waals surface area contributed by atoms with E-state index in [0.29, 0.717) is 38.9 Å². The van der Waals surface area contributed by atoms with Crippen LogP contribution in [0, 0.1) is 0 Å². The number of hydrogen-bond donors (Lipinski definition) is 2. The molecule has 2 aliphatic rings. The van der Waals surface area contributed by atoms with E-state index in [4.69, 9.17) is 0 Å². The molecule has 2 amide bonds. The third-order valence-corrected chi connectivity index (χ3v) is 8.00. The van der Waals surface area contributed by atoms with Crippen LogP contribution in [0.3, 0.4) is 0 Å². The van der Waals surface area contributed by atoms with Crippen molar-refractivity contribution in [1.82, 2.24) is 14.9 Å². The smallest absolute Gasteiger partial charge is 0.315 e. The van der Waals surface area contributed by atoms with Gasteiger partial charge in [0.1, 0.15) is 0 Å². The largest absolute Gasteiger partial charge is 0.337 e. The highest BCUT2D eigenvalue weighted by atomic mass is 32.2. The van der Waals surface area contributed by atoms with E-state index in [-0.39, 0.29) is 23.2 Å². The minimum atomic E-state index is -3.14. The van der Waals surface area contributed by atoms with Crippen LogP contribution in [-0.4, -0.2) is 50.2 Å². The summed E-state index contributed by atoms with van der Waals surface area (Å²) in [5, 5.41) is 6.07.